The van der Waals surface area contributed by atoms with Crippen molar-refractivity contribution in [3.05, 3.63) is 53.4 Å². The van der Waals surface area contributed by atoms with Crippen LogP contribution in [0.4, 0.5) is 0 Å². The van der Waals surface area contributed by atoms with E-state index in [0.717, 1.165) is 48.4 Å². The minimum Gasteiger partial charge on any atom is -0.317 e. The normalized spacial score (nSPS) is 15.5. The van der Waals surface area contributed by atoms with E-state index in [-0.39, 0.29) is 0 Å². The molecule has 4 rings (SSSR count). The second kappa shape index (κ2) is 6.71. The maximum Gasteiger partial charge on any atom is 0.163 e. The van der Waals surface area contributed by atoms with Crippen molar-refractivity contribution in [2.75, 3.05) is 13.1 Å². The molecule has 0 aliphatic carbocycles. The molecule has 0 radical (unpaired) electrons. The van der Waals surface area contributed by atoms with Crippen LogP contribution in [-0.4, -0.2) is 33.3 Å². The molecule has 0 amide bonds. The Morgan fingerprint density at radius 3 is 2.42 bits per heavy atom. The number of rotatable bonds is 3. The van der Waals surface area contributed by atoms with E-state index in [1.165, 1.54) is 0 Å². The fourth-order valence-corrected chi connectivity index (χ4v) is 3.36. The van der Waals surface area contributed by atoms with Crippen LogP contribution < -0.4 is 5.32 Å². The number of hydrogen-bond donors (Lipinski definition) is 2. The minimum atomic E-state index is 0.443. The van der Waals surface area contributed by atoms with Crippen molar-refractivity contribution in [1.82, 2.24) is 25.5 Å². The van der Waals surface area contributed by atoms with Crippen LogP contribution in [0.5, 0.6) is 0 Å². The molecule has 0 unspecified atom stereocenters. The molecular formula is C18H18ClN5. The number of aromatic nitrogens is 4. The molecule has 122 valence electrons. The van der Waals surface area contributed by atoms with Crippen LogP contribution in [0, 0.1) is 0 Å². The highest BCUT2D eigenvalue weighted by molar-refractivity contribution is 6.30. The monoisotopic (exact) mass is 339 g/mol. The van der Waals surface area contributed by atoms with Crippen LogP contribution in [0.15, 0.2) is 42.7 Å². The average molecular weight is 340 g/mol. The summed E-state index contributed by atoms with van der Waals surface area (Å²) in [6.45, 7) is 2.05. The van der Waals surface area contributed by atoms with Gasteiger partial charge >= 0.3 is 0 Å². The molecule has 1 aliphatic heterocycles. The largest absolute Gasteiger partial charge is 0.317 e. The van der Waals surface area contributed by atoms with E-state index in [1.807, 2.05) is 30.3 Å². The summed E-state index contributed by atoms with van der Waals surface area (Å²) in [5.74, 6) is 1.16. The number of halogens is 1. The van der Waals surface area contributed by atoms with Gasteiger partial charge in [-0.1, -0.05) is 23.7 Å². The first kappa shape index (κ1) is 15.3. The number of aromatic amines is 1. The molecule has 1 saturated heterocycles. The quantitative estimate of drug-likeness (QED) is 0.764. The van der Waals surface area contributed by atoms with Gasteiger partial charge in [-0.2, -0.15) is 5.10 Å². The van der Waals surface area contributed by atoms with Crippen LogP contribution in [0.25, 0.3) is 22.6 Å². The number of nitrogens with zero attached hydrogens (tertiary/aromatic N) is 3. The smallest absolute Gasteiger partial charge is 0.163 e. The summed E-state index contributed by atoms with van der Waals surface area (Å²) in [6, 6.07) is 9.56. The first-order chi connectivity index (χ1) is 11.8. The molecule has 3 heterocycles. The molecule has 1 aromatic carbocycles. The summed E-state index contributed by atoms with van der Waals surface area (Å²) in [5, 5.41) is 12.0. The maximum absolute atomic E-state index is 6.02. The van der Waals surface area contributed by atoms with Crippen LogP contribution in [0.2, 0.25) is 5.02 Å². The third-order valence-corrected chi connectivity index (χ3v) is 4.70. The Morgan fingerprint density at radius 1 is 1.00 bits per heavy atom. The third kappa shape index (κ3) is 2.92. The Hall–Kier alpha value is -2.24. The Kier molecular flexibility index (Phi) is 4.28. The van der Waals surface area contributed by atoms with Gasteiger partial charge in [-0.3, -0.25) is 5.10 Å². The highest BCUT2D eigenvalue weighted by atomic mass is 35.5. The van der Waals surface area contributed by atoms with Crippen molar-refractivity contribution in [3.8, 4) is 22.6 Å². The van der Waals surface area contributed by atoms with Crippen LogP contribution in [-0.2, 0) is 0 Å². The van der Waals surface area contributed by atoms with Gasteiger partial charge in [0.05, 0.1) is 11.3 Å². The van der Waals surface area contributed by atoms with E-state index in [0.29, 0.717) is 16.8 Å². The van der Waals surface area contributed by atoms with Crippen molar-refractivity contribution in [1.29, 1.82) is 0 Å². The fourth-order valence-electron chi connectivity index (χ4n) is 3.23. The lowest BCUT2D eigenvalue weighted by Crippen LogP contribution is -2.27. The molecule has 1 fully saturated rings. The lowest BCUT2D eigenvalue weighted by Gasteiger charge is -2.22. The average Bonchev–Trinajstić information content (AvgIpc) is 3.09. The summed E-state index contributed by atoms with van der Waals surface area (Å²) in [5.41, 5.74) is 4.03. The molecule has 0 bridgehead atoms. The number of benzene rings is 1. The van der Waals surface area contributed by atoms with Gasteiger partial charge in [0.25, 0.3) is 0 Å². The van der Waals surface area contributed by atoms with E-state index in [1.54, 1.807) is 12.4 Å². The van der Waals surface area contributed by atoms with E-state index in [2.05, 4.69) is 25.5 Å². The molecule has 1 aliphatic rings. The van der Waals surface area contributed by atoms with Crippen molar-refractivity contribution in [3.63, 3.8) is 0 Å². The summed E-state index contributed by atoms with van der Waals surface area (Å²) in [7, 11) is 0. The summed E-state index contributed by atoms with van der Waals surface area (Å²) in [6.07, 6.45) is 5.71. The Morgan fingerprint density at radius 2 is 1.71 bits per heavy atom. The highest BCUT2D eigenvalue weighted by Gasteiger charge is 2.25. The molecule has 5 nitrogen and oxygen atoms in total. The Labute approximate surface area is 145 Å². The van der Waals surface area contributed by atoms with E-state index in [9.17, 15) is 0 Å². The van der Waals surface area contributed by atoms with Gasteiger partial charge in [0.2, 0.25) is 0 Å². The lowest BCUT2D eigenvalue weighted by atomic mass is 9.90. The van der Waals surface area contributed by atoms with Crippen molar-refractivity contribution < 1.29 is 0 Å². The molecule has 24 heavy (non-hydrogen) atoms. The second-order valence-corrected chi connectivity index (χ2v) is 6.40. The molecule has 0 saturated carbocycles. The zero-order chi connectivity index (χ0) is 16.4. The van der Waals surface area contributed by atoms with Crippen LogP contribution >= 0.6 is 11.6 Å². The van der Waals surface area contributed by atoms with Gasteiger partial charge in [0.1, 0.15) is 5.69 Å². The molecule has 2 N–H and O–H groups in total. The predicted molar refractivity (Wildman–Crippen MR) is 94.9 cm³/mol. The van der Waals surface area contributed by atoms with E-state index >= 15 is 0 Å². The number of hydrogen-bond acceptors (Lipinski definition) is 4. The predicted octanol–water partition coefficient (Wildman–Crippen LogP) is 3.65. The highest BCUT2D eigenvalue weighted by Crippen LogP contribution is 2.37. The molecular weight excluding hydrogens is 322 g/mol. The van der Waals surface area contributed by atoms with Crippen LogP contribution in [0.3, 0.4) is 0 Å². The van der Waals surface area contributed by atoms with Gasteiger partial charge in [0, 0.05) is 28.9 Å². The van der Waals surface area contributed by atoms with Gasteiger partial charge in [-0.25, -0.2) is 9.97 Å². The van der Waals surface area contributed by atoms with Gasteiger partial charge in [-0.15, -0.1) is 0 Å². The van der Waals surface area contributed by atoms with Crippen molar-refractivity contribution in [2.45, 2.75) is 18.8 Å². The van der Waals surface area contributed by atoms with Crippen molar-refractivity contribution >= 4 is 11.6 Å². The number of H-pyrrole nitrogens is 1. The minimum absolute atomic E-state index is 0.443. The van der Waals surface area contributed by atoms with E-state index in [4.69, 9.17) is 11.6 Å². The standard InChI is InChI=1S/C18H18ClN5/c19-14-4-2-12(3-5-14)16-15(18-21-8-1-9-22-18)17(24-23-16)13-6-10-20-11-7-13/h1-5,8-9,13,20H,6-7,10-11H2,(H,23,24). The number of nitrogens with one attached hydrogen (secondary N) is 2. The van der Waals surface area contributed by atoms with Crippen molar-refractivity contribution in [2.24, 2.45) is 0 Å². The van der Waals surface area contributed by atoms with Gasteiger partial charge in [-0.05, 0) is 44.1 Å². The van der Waals surface area contributed by atoms with E-state index < -0.39 is 0 Å². The lowest BCUT2D eigenvalue weighted by molar-refractivity contribution is 0.453. The molecule has 2 aromatic heterocycles. The number of piperidine rings is 1. The zero-order valence-corrected chi connectivity index (χ0v) is 13.9. The Balaban J connectivity index is 1.84. The summed E-state index contributed by atoms with van der Waals surface area (Å²) in [4.78, 5) is 8.94. The summed E-state index contributed by atoms with van der Waals surface area (Å²) < 4.78 is 0. The topological polar surface area (TPSA) is 66.5 Å². The summed E-state index contributed by atoms with van der Waals surface area (Å²) >= 11 is 6.02. The zero-order valence-electron chi connectivity index (χ0n) is 13.2. The third-order valence-electron chi connectivity index (χ3n) is 4.45. The maximum atomic E-state index is 6.02. The first-order valence-corrected chi connectivity index (χ1v) is 8.53. The SMILES string of the molecule is Clc1ccc(-c2n[nH]c(C3CCNCC3)c2-c2ncccn2)cc1. The Bertz CT molecular complexity index is 807. The van der Waals surface area contributed by atoms with Gasteiger partial charge < -0.3 is 5.32 Å². The van der Waals surface area contributed by atoms with Gasteiger partial charge in [0.15, 0.2) is 5.82 Å². The molecule has 0 atom stereocenters. The molecule has 6 heteroatoms. The molecule has 3 aromatic rings. The first-order valence-electron chi connectivity index (χ1n) is 8.15. The second-order valence-electron chi connectivity index (χ2n) is 5.96. The molecule has 0 spiro atoms. The van der Waals surface area contributed by atoms with Crippen LogP contribution in [0.1, 0.15) is 24.5 Å². The fraction of sp³-hybridized carbons (Fsp3) is 0.278.